The number of fused-ring (bicyclic) bond motifs is 4. The van der Waals surface area contributed by atoms with E-state index < -0.39 is 0 Å². The monoisotopic (exact) mass is 1070 g/mol. The molecule has 16 nitrogen and oxygen atoms in total. The Hall–Kier alpha value is -7.60. The van der Waals surface area contributed by atoms with Crippen LogP contribution in [0.15, 0.2) is 97.6 Å². The Kier molecular flexibility index (Phi) is 17.3. The van der Waals surface area contributed by atoms with Crippen LogP contribution in [0.25, 0.3) is 31.2 Å². The van der Waals surface area contributed by atoms with Crippen molar-refractivity contribution in [1.82, 2.24) is 34.6 Å². The van der Waals surface area contributed by atoms with Crippen molar-refractivity contribution < 1.29 is 19.0 Å². The number of piperidine rings is 1. The highest BCUT2D eigenvalue weighted by Crippen LogP contribution is 2.38. The van der Waals surface area contributed by atoms with E-state index in [9.17, 15) is 4.79 Å². The second-order valence-electron chi connectivity index (χ2n) is 21.9. The summed E-state index contributed by atoms with van der Waals surface area (Å²) < 4.78 is 12.6. The fraction of sp³-hybridized carbons (Fsp3) is 0.468. The predicted molar refractivity (Wildman–Crippen MR) is 312 cm³/mol. The van der Waals surface area contributed by atoms with E-state index in [0.29, 0.717) is 70.0 Å². The first-order valence-electron chi connectivity index (χ1n) is 28.3. The highest BCUT2D eigenvalue weighted by atomic mass is 19.0. The molecule has 4 fully saturated rings. The summed E-state index contributed by atoms with van der Waals surface area (Å²) in [6.07, 6.45) is 11.0. The van der Waals surface area contributed by atoms with Gasteiger partial charge < -0.3 is 53.5 Å². The summed E-state index contributed by atoms with van der Waals surface area (Å²) in [5.74, 6) is 1.76. The third kappa shape index (κ3) is 11.9. The zero-order valence-electron chi connectivity index (χ0n) is 45.9. The summed E-state index contributed by atoms with van der Waals surface area (Å²) in [5, 5.41) is 4.98. The Labute approximate surface area is 464 Å². The third-order valence-corrected chi connectivity index (χ3v) is 17.2. The van der Waals surface area contributed by atoms with Gasteiger partial charge >= 0.3 is 12.0 Å². The van der Waals surface area contributed by atoms with Crippen LogP contribution >= 0.6 is 0 Å². The van der Waals surface area contributed by atoms with Crippen LogP contribution in [0.1, 0.15) is 67.5 Å². The van der Waals surface area contributed by atoms with Crippen LogP contribution in [-0.2, 0) is 30.7 Å². The first-order chi connectivity index (χ1) is 38.3. The van der Waals surface area contributed by atoms with Crippen LogP contribution in [0.5, 0.6) is 12.0 Å². The van der Waals surface area contributed by atoms with E-state index in [4.69, 9.17) is 42.6 Å². The number of anilines is 4. The van der Waals surface area contributed by atoms with E-state index in [1.165, 1.54) is 63.8 Å². The number of aromatic nitrogens is 4. The Morgan fingerprint density at radius 3 is 1.59 bits per heavy atom. The predicted octanol–water partition coefficient (Wildman–Crippen LogP) is 8.88. The van der Waals surface area contributed by atoms with Gasteiger partial charge in [-0.3, -0.25) is 9.50 Å². The number of likely N-dealkylation sites (tertiary alicyclic amines) is 2. The van der Waals surface area contributed by atoms with Crippen molar-refractivity contribution in [3.63, 3.8) is 0 Å². The molecule has 6 aromatic rings. The smallest absolute Gasteiger partial charge is 0.318 e. The van der Waals surface area contributed by atoms with E-state index in [-0.39, 0.29) is 29.2 Å². The molecule has 0 radical (unpaired) electrons. The lowest BCUT2D eigenvalue weighted by molar-refractivity contribution is -0.126. The number of piperazine rings is 1. The molecule has 8 heterocycles. The summed E-state index contributed by atoms with van der Waals surface area (Å²) in [6.45, 7) is 28.7. The number of carbonyl (C=O) groups is 1. The van der Waals surface area contributed by atoms with Crippen LogP contribution in [0.2, 0.25) is 0 Å². The van der Waals surface area contributed by atoms with Gasteiger partial charge in [-0.25, -0.2) is 13.1 Å². The van der Waals surface area contributed by atoms with Crippen molar-refractivity contribution in [2.24, 2.45) is 0 Å². The summed E-state index contributed by atoms with van der Waals surface area (Å²) in [5.41, 5.74) is 6.83. The second-order valence-corrected chi connectivity index (χ2v) is 21.9. The van der Waals surface area contributed by atoms with E-state index in [0.717, 1.165) is 106 Å². The van der Waals surface area contributed by atoms with Crippen LogP contribution in [0, 0.1) is 13.1 Å². The van der Waals surface area contributed by atoms with Gasteiger partial charge in [-0.1, -0.05) is 79.4 Å². The summed E-state index contributed by atoms with van der Waals surface area (Å²) >= 11 is 0. The molecule has 12 rings (SSSR count). The minimum atomic E-state index is -0.158. The van der Waals surface area contributed by atoms with E-state index in [1.807, 2.05) is 0 Å². The summed E-state index contributed by atoms with van der Waals surface area (Å²) in [6, 6.07) is 31.8. The van der Waals surface area contributed by atoms with Crippen molar-refractivity contribution in [1.29, 1.82) is 0 Å². The summed E-state index contributed by atoms with van der Waals surface area (Å²) in [7, 11) is 4.31. The molecule has 0 spiro atoms. The van der Waals surface area contributed by atoms with Crippen LogP contribution < -0.4 is 29.1 Å². The zero-order valence-corrected chi connectivity index (χ0v) is 45.9. The maximum atomic E-state index is 12.4. The quantitative estimate of drug-likeness (QED) is 0.0811. The maximum Gasteiger partial charge on any atom is 0.318 e. The molecule has 412 valence electrons. The number of rotatable bonds is 13. The lowest BCUT2D eigenvalue weighted by Crippen LogP contribution is -2.56. The van der Waals surface area contributed by atoms with Crippen molar-refractivity contribution in [3.8, 4) is 12.0 Å². The van der Waals surface area contributed by atoms with Crippen LogP contribution in [0.3, 0.4) is 0 Å². The molecule has 4 aromatic carbocycles. The molecule has 6 aliphatic rings. The number of carbonyl (C=O) groups excluding carboxylic acids is 1. The molecular formula is C62H74FN13O3. The molecule has 1 amide bonds. The SMILES string of the molecule is F.[C-]#[N+]CC1CCCCN1c1nc(OC[C@@H]2CCCN2C)nc2c1CCN(c1cccc3ccccc13)C2.[C-]#[N+]CC1CN(C(=O)C=C)CCN1c1nc(OC[C@@H]2CCCN2C)nc2c1CCN(c1cccc3ccccc13)C2. The number of nitrogens with zero attached hydrogens (tertiary/aromatic N) is 13. The Morgan fingerprint density at radius 1 is 0.595 bits per heavy atom. The highest BCUT2D eigenvalue weighted by Gasteiger charge is 2.37. The normalized spacial score (nSPS) is 21.3. The highest BCUT2D eigenvalue weighted by molar-refractivity contribution is 5.95. The lowest BCUT2D eigenvalue weighted by atomic mass is 9.98. The van der Waals surface area contributed by atoms with E-state index in [2.05, 4.69) is 145 Å². The topological polar surface area (TPSA) is 118 Å². The number of likely N-dealkylation sites (N-methyl/N-ethyl adjacent to an activating group) is 2. The molecule has 79 heavy (non-hydrogen) atoms. The van der Waals surface area contributed by atoms with Gasteiger partial charge in [-0.2, -0.15) is 19.9 Å². The average Bonchev–Trinajstić information content (AvgIpc) is 4.11. The van der Waals surface area contributed by atoms with Crippen molar-refractivity contribution >= 4 is 50.5 Å². The Bertz CT molecular complexity index is 3210. The van der Waals surface area contributed by atoms with Gasteiger partial charge in [0.25, 0.3) is 0 Å². The van der Waals surface area contributed by atoms with E-state index in [1.54, 1.807) is 4.90 Å². The number of halogens is 1. The molecule has 0 bridgehead atoms. The first kappa shape index (κ1) is 54.7. The molecule has 4 saturated heterocycles. The Balaban J connectivity index is 0.000000177. The average molecular weight is 1070 g/mol. The molecular weight excluding hydrogens is 994 g/mol. The molecule has 0 aliphatic carbocycles. The van der Waals surface area contributed by atoms with Gasteiger partial charge in [0.1, 0.15) is 36.9 Å². The zero-order chi connectivity index (χ0) is 53.5. The minimum Gasteiger partial charge on any atom is -0.462 e. The molecule has 0 saturated carbocycles. The number of benzene rings is 4. The fourth-order valence-corrected chi connectivity index (χ4v) is 12.8. The number of hydrogen-bond donors (Lipinski definition) is 0. The fourth-order valence-electron chi connectivity index (χ4n) is 12.8. The van der Waals surface area contributed by atoms with Gasteiger partial charge in [0, 0.05) is 84.6 Å². The Morgan fingerprint density at radius 2 is 1.09 bits per heavy atom. The van der Waals surface area contributed by atoms with Gasteiger partial charge in [-0.15, -0.1) is 0 Å². The van der Waals surface area contributed by atoms with Crippen molar-refractivity contribution in [3.05, 3.63) is 143 Å². The summed E-state index contributed by atoms with van der Waals surface area (Å²) in [4.78, 5) is 55.8. The molecule has 2 unspecified atom stereocenters. The standard InChI is InChI=1S/C32H37N7O2.C30H36N6O.FH/c1-4-30(40)38-17-18-39(25(20-38)19-33-2)31-27-14-16-37(29-13-7-10-23-9-5-6-12-26(23)29)21-28(27)34-32(35-31)41-22-24-11-8-15-36(24)3;1-31-19-23-11-5-6-17-36(23)29-26-15-18-35(28-14-7-10-22-9-3-4-13-25(22)28)20-27(26)32-30(33-29)37-21-24-12-8-16-34(24)2;/h4-7,9-10,12-13,24-25H,1,8,11,14-22H2,3H3;3-4,7,9-10,13-14,23-24H,5-6,8,11-12,15-21H2,2H3;1H/t24-,25?;23?,24-;/m00./s1. The number of ether oxygens (including phenoxy) is 2. The van der Waals surface area contributed by atoms with E-state index >= 15 is 0 Å². The van der Waals surface area contributed by atoms with Crippen LogP contribution in [-0.4, -0.2) is 157 Å². The molecule has 6 aliphatic heterocycles. The van der Waals surface area contributed by atoms with Crippen LogP contribution in [0.4, 0.5) is 27.7 Å². The lowest BCUT2D eigenvalue weighted by Gasteiger charge is -2.41. The molecule has 2 aromatic heterocycles. The van der Waals surface area contributed by atoms with Gasteiger partial charge in [0.05, 0.1) is 24.5 Å². The second kappa shape index (κ2) is 25.0. The number of hydrogen-bond acceptors (Lipinski definition) is 13. The van der Waals surface area contributed by atoms with Gasteiger partial charge in [0.15, 0.2) is 0 Å². The molecule has 17 heteroatoms. The third-order valence-electron chi connectivity index (χ3n) is 17.2. The first-order valence-corrected chi connectivity index (χ1v) is 28.3. The largest absolute Gasteiger partial charge is 0.462 e. The maximum absolute atomic E-state index is 12.4. The van der Waals surface area contributed by atoms with Gasteiger partial charge in [-0.05, 0) is 114 Å². The minimum absolute atomic E-state index is 0. The van der Waals surface area contributed by atoms with Crippen molar-refractivity contribution in [2.75, 3.05) is 112 Å². The number of amides is 1. The van der Waals surface area contributed by atoms with Crippen molar-refractivity contribution in [2.45, 2.75) is 95.0 Å². The molecule has 0 N–H and O–H groups in total. The molecule has 4 atom stereocenters. The van der Waals surface area contributed by atoms with Gasteiger partial charge in [0.2, 0.25) is 19.0 Å².